The van der Waals surface area contributed by atoms with E-state index < -0.39 is 0 Å². The second-order valence-corrected chi connectivity index (χ2v) is 8.92. The predicted octanol–water partition coefficient (Wildman–Crippen LogP) is 4.89. The highest BCUT2D eigenvalue weighted by Crippen LogP contribution is 2.34. The van der Waals surface area contributed by atoms with Crippen LogP contribution in [0.15, 0.2) is 66.1 Å². The lowest BCUT2D eigenvalue weighted by Crippen LogP contribution is -2.33. The quantitative estimate of drug-likeness (QED) is 0.339. The highest BCUT2D eigenvalue weighted by molar-refractivity contribution is 7.98. The predicted molar refractivity (Wildman–Crippen MR) is 127 cm³/mol. The van der Waals surface area contributed by atoms with Gasteiger partial charge in [-0.05, 0) is 42.5 Å². The summed E-state index contributed by atoms with van der Waals surface area (Å²) in [6, 6.07) is 14.0. The monoisotopic (exact) mass is 452 g/mol. The van der Waals surface area contributed by atoms with Crippen molar-refractivity contribution in [2.75, 3.05) is 24.8 Å². The molecule has 6 nitrogen and oxygen atoms in total. The topological polar surface area (TPSA) is 60.2 Å². The second-order valence-electron chi connectivity index (χ2n) is 7.03. The Hall–Kier alpha value is -2.84. The average molecular weight is 453 g/mol. The fourth-order valence-corrected chi connectivity index (χ4v) is 4.80. The van der Waals surface area contributed by atoms with E-state index in [1.807, 2.05) is 52.3 Å². The molecule has 0 saturated heterocycles. The summed E-state index contributed by atoms with van der Waals surface area (Å²) in [4.78, 5) is 25.2. The number of thioether (sulfide) groups is 1. The van der Waals surface area contributed by atoms with E-state index >= 15 is 0 Å². The van der Waals surface area contributed by atoms with Crippen molar-refractivity contribution in [1.82, 2.24) is 14.5 Å². The number of amides is 1. The Kier molecular flexibility index (Phi) is 6.89. The molecular formula is C23H24N4O2S2. The molecule has 0 saturated carbocycles. The number of para-hydroxylation sites is 1. The maximum atomic E-state index is 13.3. The third-order valence-electron chi connectivity index (χ3n) is 4.99. The van der Waals surface area contributed by atoms with Gasteiger partial charge in [-0.1, -0.05) is 29.5 Å². The Morgan fingerprint density at radius 2 is 2.06 bits per heavy atom. The minimum absolute atomic E-state index is 0.0422. The number of aromatic nitrogens is 3. The minimum atomic E-state index is 0.0422. The number of thiazole rings is 1. The molecule has 2 heterocycles. The summed E-state index contributed by atoms with van der Waals surface area (Å²) in [5.41, 5.74) is 1.79. The summed E-state index contributed by atoms with van der Waals surface area (Å²) in [6.07, 6.45) is 8.68. The van der Waals surface area contributed by atoms with E-state index in [-0.39, 0.29) is 5.91 Å². The third kappa shape index (κ3) is 5.08. The molecule has 8 heteroatoms. The molecule has 2 aromatic carbocycles. The lowest BCUT2D eigenvalue weighted by molar-refractivity contribution is -0.118. The van der Waals surface area contributed by atoms with Gasteiger partial charge in [0.2, 0.25) is 5.91 Å². The van der Waals surface area contributed by atoms with E-state index in [0.717, 1.165) is 34.5 Å². The molecule has 0 aliphatic rings. The second kappa shape index (κ2) is 9.98. The lowest BCUT2D eigenvalue weighted by atomic mass is 10.1. The highest BCUT2D eigenvalue weighted by Gasteiger charge is 2.21. The molecule has 4 aromatic rings. The van der Waals surface area contributed by atoms with Gasteiger partial charge in [0.05, 0.1) is 24.6 Å². The van der Waals surface area contributed by atoms with Crippen LogP contribution in [0.3, 0.4) is 0 Å². The molecule has 4 rings (SSSR count). The maximum Gasteiger partial charge on any atom is 0.233 e. The first kappa shape index (κ1) is 21.4. The molecule has 0 bridgehead atoms. The number of anilines is 1. The number of carbonyl (C=O) groups is 1. The molecule has 0 atom stereocenters. The molecule has 1 amide bonds. The van der Waals surface area contributed by atoms with Gasteiger partial charge in [-0.3, -0.25) is 9.69 Å². The third-order valence-corrected chi connectivity index (χ3v) is 6.78. The standard InChI is InChI=1S/C23H24N4O2S2/c1-29-19-5-3-6-20-22(19)25-23(31-20)27(13-4-12-26-14-11-24-16-26)21(28)15-17-7-9-18(30-2)10-8-17/h3,5-11,14,16H,4,12-13,15H2,1-2H3. The number of carbonyl (C=O) groups excluding carboxylic acids is 1. The Balaban J connectivity index is 1.57. The Morgan fingerprint density at radius 3 is 2.77 bits per heavy atom. The number of rotatable bonds is 9. The molecule has 2 aromatic heterocycles. The van der Waals surface area contributed by atoms with Crippen molar-refractivity contribution in [2.45, 2.75) is 24.3 Å². The zero-order valence-corrected chi connectivity index (χ0v) is 19.2. The van der Waals surface area contributed by atoms with Crippen molar-refractivity contribution in [1.29, 1.82) is 0 Å². The highest BCUT2D eigenvalue weighted by atomic mass is 32.2. The summed E-state index contributed by atoms with van der Waals surface area (Å²) in [5.74, 6) is 0.763. The van der Waals surface area contributed by atoms with Crippen LogP contribution in [-0.4, -0.2) is 40.4 Å². The fourth-order valence-electron chi connectivity index (χ4n) is 3.36. The van der Waals surface area contributed by atoms with Gasteiger partial charge >= 0.3 is 0 Å². The zero-order valence-electron chi connectivity index (χ0n) is 17.5. The average Bonchev–Trinajstić information content (AvgIpc) is 3.46. The van der Waals surface area contributed by atoms with Gasteiger partial charge in [0, 0.05) is 30.4 Å². The minimum Gasteiger partial charge on any atom is -0.494 e. The van der Waals surface area contributed by atoms with Crippen LogP contribution in [0.1, 0.15) is 12.0 Å². The van der Waals surface area contributed by atoms with Gasteiger partial charge in [-0.25, -0.2) is 9.97 Å². The number of imidazole rings is 1. The van der Waals surface area contributed by atoms with Crippen LogP contribution in [0.4, 0.5) is 5.13 Å². The van der Waals surface area contributed by atoms with Crippen molar-refractivity contribution in [2.24, 2.45) is 0 Å². The van der Waals surface area contributed by atoms with E-state index in [4.69, 9.17) is 9.72 Å². The van der Waals surface area contributed by atoms with Crippen molar-refractivity contribution < 1.29 is 9.53 Å². The normalized spacial score (nSPS) is 11.0. The van der Waals surface area contributed by atoms with E-state index in [0.29, 0.717) is 18.1 Å². The first-order valence-electron chi connectivity index (χ1n) is 10.0. The van der Waals surface area contributed by atoms with Crippen molar-refractivity contribution >= 4 is 44.4 Å². The van der Waals surface area contributed by atoms with E-state index in [2.05, 4.69) is 17.1 Å². The molecule has 160 valence electrons. The summed E-state index contributed by atoms with van der Waals surface area (Å²) < 4.78 is 8.48. The molecule has 0 fully saturated rings. The fraction of sp³-hybridized carbons (Fsp3) is 0.261. The van der Waals surface area contributed by atoms with E-state index in [1.54, 1.807) is 31.4 Å². The summed E-state index contributed by atoms with van der Waals surface area (Å²) in [5, 5.41) is 0.705. The number of benzene rings is 2. The van der Waals surface area contributed by atoms with E-state index in [1.165, 1.54) is 16.2 Å². The number of hydrogen-bond donors (Lipinski definition) is 0. The Labute approximate surface area is 189 Å². The van der Waals surface area contributed by atoms with Crippen molar-refractivity contribution in [3.8, 4) is 5.75 Å². The first-order valence-corrected chi connectivity index (χ1v) is 12.0. The smallest absolute Gasteiger partial charge is 0.233 e. The van der Waals surface area contributed by atoms with Crippen molar-refractivity contribution in [3.05, 3.63) is 66.7 Å². The zero-order chi connectivity index (χ0) is 21.6. The molecule has 0 aliphatic carbocycles. The molecule has 0 aliphatic heterocycles. The number of aryl methyl sites for hydroxylation is 1. The number of ether oxygens (including phenoxy) is 1. The first-order chi connectivity index (χ1) is 15.2. The lowest BCUT2D eigenvalue weighted by Gasteiger charge is -2.20. The Bertz CT molecular complexity index is 1140. The summed E-state index contributed by atoms with van der Waals surface area (Å²) in [7, 11) is 1.64. The molecule has 0 spiro atoms. The number of fused-ring (bicyclic) bond motifs is 1. The van der Waals surface area contributed by atoms with Gasteiger partial charge < -0.3 is 9.30 Å². The number of hydrogen-bond acceptors (Lipinski definition) is 6. The number of nitrogens with zero attached hydrogens (tertiary/aromatic N) is 4. The van der Waals surface area contributed by atoms with Gasteiger partial charge in [0.15, 0.2) is 5.13 Å². The Morgan fingerprint density at radius 1 is 1.23 bits per heavy atom. The van der Waals surface area contributed by atoms with Crippen LogP contribution in [0.2, 0.25) is 0 Å². The SMILES string of the molecule is COc1cccc2sc(N(CCCn3ccnc3)C(=O)Cc3ccc(SC)cc3)nc12. The van der Waals surface area contributed by atoms with Gasteiger partial charge in [-0.15, -0.1) is 11.8 Å². The van der Waals surface area contributed by atoms with E-state index in [9.17, 15) is 4.79 Å². The van der Waals surface area contributed by atoms with Crippen LogP contribution >= 0.6 is 23.1 Å². The maximum absolute atomic E-state index is 13.3. The molecular weight excluding hydrogens is 428 g/mol. The molecule has 31 heavy (non-hydrogen) atoms. The van der Waals surface area contributed by atoms with Crippen LogP contribution in [0, 0.1) is 0 Å². The van der Waals surface area contributed by atoms with Gasteiger partial charge in [0.25, 0.3) is 0 Å². The summed E-state index contributed by atoms with van der Waals surface area (Å²) in [6.45, 7) is 1.38. The number of methoxy groups -OCH3 is 1. The van der Waals surface area contributed by atoms with Crippen LogP contribution in [0.5, 0.6) is 5.75 Å². The molecule has 0 N–H and O–H groups in total. The van der Waals surface area contributed by atoms with Crippen LogP contribution in [-0.2, 0) is 17.8 Å². The van der Waals surface area contributed by atoms with Crippen LogP contribution in [0.25, 0.3) is 10.2 Å². The molecule has 0 radical (unpaired) electrons. The molecule has 0 unspecified atom stereocenters. The van der Waals surface area contributed by atoms with Gasteiger partial charge in [-0.2, -0.15) is 0 Å². The largest absolute Gasteiger partial charge is 0.494 e. The summed E-state index contributed by atoms with van der Waals surface area (Å²) >= 11 is 3.21. The van der Waals surface area contributed by atoms with Gasteiger partial charge in [0.1, 0.15) is 11.3 Å². The van der Waals surface area contributed by atoms with Crippen molar-refractivity contribution in [3.63, 3.8) is 0 Å². The van der Waals surface area contributed by atoms with Crippen LogP contribution < -0.4 is 9.64 Å².